The fourth-order valence-corrected chi connectivity index (χ4v) is 2.37. The summed E-state index contributed by atoms with van der Waals surface area (Å²) in [6.07, 6.45) is 4.23. The summed E-state index contributed by atoms with van der Waals surface area (Å²) in [6.45, 7) is 0.526. The third-order valence-electron chi connectivity index (χ3n) is 3.74. The fraction of sp³-hybridized carbons (Fsp3) is 0.533. The highest BCUT2D eigenvalue weighted by molar-refractivity contribution is 6.01. The predicted molar refractivity (Wildman–Crippen MR) is 71.8 cm³/mol. The first-order valence-corrected chi connectivity index (χ1v) is 6.61. The van der Waals surface area contributed by atoms with Gasteiger partial charge in [0, 0.05) is 19.3 Å². The smallest absolute Gasteiger partial charge is 0.179 e. The Hall–Kier alpha value is -1.19. The summed E-state index contributed by atoms with van der Waals surface area (Å²) in [5, 5.41) is 0. The van der Waals surface area contributed by atoms with Crippen molar-refractivity contribution in [1.29, 1.82) is 0 Å². The van der Waals surface area contributed by atoms with Gasteiger partial charge in [0.05, 0.1) is 6.04 Å². The van der Waals surface area contributed by atoms with E-state index in [1.165, 1.54) is 24.8 Å². The minimum Gasteiger partial charge on any atom is -0.385 e. The van der Waals surface area contributed by atoms with Crippen LogP contribution in [0.1, 0.15) is 47.5 Å². The average Bonchev–Trinajstić information content (AvgIpc) is 2.33. The molecule has 98 valence electrons. The molecule has 1 saturated carbocycles. The molecule has 0 heterocycles. The lowest BCUT2D eigenvalue weighted by atomic mass is 9.77. The summed E-state index contributed by atoms with van der Waals surface area (Å²) < 4.78 is 4.98. The number of Topliss-reactive ketones (excluding diaryl/α,β-unsaturated/α-hetero) is 1. The minimum atomic E-state index is -0.453. The Morgan fingerprint density at radius 3 is 2.78 bits per heavy atom. The van der Waals surface area contributed by atoms with E-state index in [4.69, 9.17) is 10.5 Å². The van der Waals surface area contributed by atoms with Crippen LogP contribution in [0.5, 0.6) is 0 Å². The van der Waals surface area contributed by atoms with Gasteiger partial charge in [-0.2, -0.15) is 0 Å². The molecule has 1 aromatic rings. The summed E-state index contributed by atoms with van der Waals surface area (Å²) in [4.78, 5) is 12.3. The molecule has 0 aliphatic heterocycles. The zero-order chi connectivity index (χ0) is 13.0. The third kappa shape index (κ3) is 2.79. The number of hydrogen-bond donors (Lipinski definition) is 1. The molecule has 1 atom stereocenters. The van der Waals surface area contributed by atoms with E-state index in [1.54, 1.807) is 7.11 Å². The molecule has 0 aromatic heterocycles. The molecule has 18 heavy (non-hydrogen) atoms. The number of benzene rings is 1. The number of ketones is 1. The molecule has 0 saturated heterocycles. The van der Waals surface area contributed by atoms with Crippen LogP contribution in [-0.4, -0.2) is 25.5 Å². The highest BCUT2D eigenvalue weighted by Gasteiger charge is 2.26. The van der Waals surface area contributed by atoms with Gasteiger partial charge in [-0.3, -0.25) is 4.79 Å². The van der Waals surface area contributed by atoms with Gasteiger partial charge in [-0.05, 0) is 30.7 Å². The van der Waals surface area contributed by atoms with E-state index in [1.807, 2.05) is 18.2 Å². The lowest BCUT2D eigenvalue weighted by Crippen LogP contribution is -2.32. The minimum absolute atomic E-state index is 0.0505. The molecule has 0 bridgehead atoms. The lowest BCUT2D eigenvalue weighted by Gasteiger charge is -2.28. The Morgan fingerprint density at radius 2 is 2.17 bits per heavy atom. The number of carbonyl (C=O) groups excluding carboxylic acids is 1. The van der Waals surface area contributed by atoms with Crippen molar-refractivity contribution in [2.45, 2.75) is 37.6 Å². The number of rotatable bonds is 6. The number of nitrogens with two attached hydrogens (primary N) is 1. The Labute approximate surface area is 108 Å². The molecule has 2 N–H and O–H groups in total. The summed E-state index contributed by atoms with van der Waals surface area (Å²) in [6, 6.07) is 7.44. The van der Waals surface area contributed by atoms with Gasteiger partial charge < -0.3 is 10.5 Å². The zero-order valence-corrected chi connectivity index (χ0v) is 10.9. The van der Waals surface area contributed by atoms with Crippen molar-refractivity contribution in [2.24, 2.45) is 5.73 Å². The van der Waals surface area contributed by atoms with E-state index < -0.39 is 6.04 Å². The molecule has 2 rings (SSSR count). The summed E-state index contributed by atoms with van der Waals surface area (Å²) in [5.41, 5.74) is 7.93. The van der Waals surface area contributed by atoms with E-state index in [9.17, 15) is 4.79 Å². The van der Waals surface area contributed by atoms with Crippen LogP contribution in [0, 0.1) is 0 Å². The van der Waals surface area contributed by atoms with Crippen LogP contribution in [-0.2, 0) is 4.74 Å². The van der Waals surface area contributed by atoms with E-state index in [-0.39, 0.29) is 5.78 Å². The van der Waals surface area contributed by atoms with Crippen molar-refractivity contribution in [3.63, 3.8) is 0 Å². The van der Waals surface area contributed by atoms with E-state index >= 15 is 0 Å². The normalized spacial score (nSPS) is 17.2. The topological polar surface area (TPSA) is 52.3 Å². The van der Waals surface area contributed by atoms with Crippen molar-refractivity contribution in [2.75, 3.05) is 13.7 Å². The number of hydrogen-bond acceptors (Lipinski definition) is 3. The fourth-order valence-electron chi connectivity index (χ4n) is 2.37. The molecule has 0 spiro atoms. The standard InChI is InChI=1S/C15H21NO2/c1-18-10-9-14(16)15(17)13-8-3-2-7-12(13)11-5-4-6-11/h2-3,7-8,11,14H,4-6,9-10,16H2,1H3. The van der Waals surface area contributed by atoms with Gasteiger partial charge in [0.25, 0.3) is 0 Å². The Bertz CT molecular complexity index is 413. The molecule has 1 aromatic carbocycles. The van der Waals surface area contributed by atoms with Crippen molar-refractivity contribution >= 4 is 5.78 Å². The van der Waals surface area contributed by atoms with Crippen LogP contribution in [0.25, 0.3) is 0 Å². The first-order chi connectivity index (χ1) is 8.74. The Morgan fingerprint density at radius 1 is 1.44 bits per heavy atom. The van der Waals surface area contributed by atoms with Gasteiger partial charge in [-0.1, -0.05) is 30.7 Å². The van der Waals surface area contributed by atoms with Crippen LogP contribution in [0.3, 0.4) is 0 Å². The molecule has 1 aliphatic carbocycles. The maximum Gasteiger partial charge on any atom is 0.179 e. The molecule has 1 fully saturated rings. The second kappa shape index (κ2) is 6.12. The monoisotopic (exact) mass is 247 g/mol. The third-order valence-corrected chi connectivity index (χ3v) is 3.74. The van der Waals surface area contributed by atoms with Gasteiger partial charge in [0.2, 0.25) is 0 Å². The van der Waals surface area contributed by atoms with Gasteiger partial charge >= 0.3 is 0 Å². The quantitative estimate of drug-likeness (QED) is 0.786. The van der Waals surface area contributed by atoms with Crippen LogP contribution in [0.4, 0.5) is 0 Å². The number of ether oxygens (including phenoxy) is 1. The SMILES string of the molecule is COCCC(N)C(=O)c1ccccc1C1CCC1. The van der Waals surface area contributed by atoms with Crippen molar-refractivity contribution in [3.05, 3.63) is 35.4 Å². The zero-order valence-electron chi connectivity index (χ0n) is 10.9. The molecule has 1 aliphatic rings. The van der Waals surface area contributed by atoms with E-state index in [0.29, 0.717) is 18.9 Å². The van der Waals surface area contributed by atoms with Crippen LogP contribution < -0.4 is 5.73 Å². The molecular formula is C15H21NO2. The summed E-state index contributed by atoms with van der Waals surface area (Å²) in [7, 11) is 1.62. The van der Waals surface area contributed by atoms with Gasteiger partial charge in [0.15, 0.2) is 5.78 Å². The number of carbonyl (C=O) groups is 1. The molecule has 3 heteroatoms. The summed E-state index contributed by atoms with van der Waals surface area (Å²) >= 11 is 0. The van der Waals surface area contributed by atoms with Crippen LogP contribution >= 0.6 is 0 Å². The van der Waals surface area contributed by atoms with Crippen molar-refractivity contribution in [1.82, 2.24) is 0 Å². The predicted octanol–water partition coefficient (Wildman–Crippen LogP) is 2.50. The van der Waals surface area contributed by atoms with Gasteiger partial charge in [-0.25, -0.2) is 0 Å². The maximum atomic E-state index is 12.3. The molecule has 0 radical (unpaired) electrons. The second-order valence-corrected chi connectivity index (χ2v) is 4.97. The molecule has 0 amide bonds. The lowest BCUT2D eigenvalue weighted by molar-refractivity contribution is 0.0933. The van der Waals surface area contributed by atoms with Crippen molar-refractivity contribution in [3.8, 4) is 0 Å². The average molecular weight is 247 g/mol. The van der Waals surface area contributed by atoms with Crippen LogP contribution in [0.2, 0.25) is 0 Å². The number of methoxy groups -OCH3 is 1. The van der Waals surface area contributed by atoms with Gasteiger partial charge in [0.1, 0.15) is 0 Å². The Kier molecular flexibility index (Phi) is 4.50. The highest BCUT2D eigenvalue weighted by atomic mass is 16.5. The van der Waals surface area contributed by atoms with Gasteiger partial charge in [-0.15, -0.1) is 0 Å². The molecular weight excluding hydrogens is 226 g/mol. The summed E-state index contributed by atoms with van der Waals surface area (Å²) in [5.74, 6) is 0.606. The highest BCUT2D eigenvalue weighted by Crippen LogP contribution is 2.38. The first-order valence-electron chi connectivity index (χ1n) is 6.61. The van der Waals surface area contributed by atoms with E-state index in [0.717, 1.165) is 5.56 Å². The Balaban J connectivity index is 2.13. The molecule has 3 nitrogen and oxygen atoms in total. The van der Waals surface area contributed by atoms with Crippen LogP contribution in [0.15, 0.2) is 24.3 Å². The van der Waals surface area contributed by atoms with Crippen molar-refractivity contribution < 1.29 is 9.53 Å². The molecule has 1 unspecified atom stereocenters. The largest absolute Gasteiger partial charge is 0.385 e. The first kappa shape index (κ1) is 13.2. The maximum absolute atomic E-state index is 12.3. The second-order valence-electron chi connectivity index (χ2n) is 4.97. The van der Waals surface area contributed by atoms with E-state index in [2.05, 4.69) is 6.07 Å².